The fourth-order valence-corrected chi connectivity index (χ4v) is 2.39. The number of anilines is 1. The maximum Gasteiger partial charge on any atom is 0.305 e. The van der Waals surface area contributed by atoms with E-state index < -0.39 is 12.0 Å². The van der Waals surface area contributed by atoms with Gasteiger partial charge in [-0.2, -0.15) is 0 Å². The molecule has 1 N–H and O–H groups in total. The second kappa shape index (κ2) is 5.40. The van der Waals surface area contributed by atoms with Crippen LogP contribution in [0.15, 0.2) is 18.2 Å². The molecule has 0 saturated carbocycles. The zero-order valence-corrected chi connectivity index (χ0v) is 11.0. The van der Waals surface area contributed by atoms with E-state index in [1.54, 1.807) is 4.90 Å². The van der Waals surface area contributed by atoms with Gasteiger partial charge >= 0.3 is 5.97 Å². The predicted octanol–water partition coefficient (Wildman–Crippen LogP) is 1.51. The Hall–Kier alpha value is -1.88. The number of rotatable bonds is 3. The zero-order chi connectivity index (χ0) is 14.0. The van der Waals surface area contributed by atoms with E-state index in [4.69, 9.17) is 9.84 Å². The fraction of sp³-hybridized carbons (Fsp3) is 0.429. The number of carboxylic acids is 1. The highest BCUT2D eigenvalue weighted by Gasteiger charge is 2.32. The molecular weight excluding hydrogens is 246 g/mol. The topological polar surface area (TPSA) is 66.8 Å². The minimum Gasteiger partial charge on any atom is -0.481 e. The summed E-state index contributed by atoms with van der Waals surface area (Å²) in [6.45, 7) is 4.16. The first-order valence-corrected chi connectivity index (χ1v) is 6.18. The van der Waals surface area contributed by atoms with Crippen LogP contribution in [0.25, 0.3) is 0 Å². The molecule has 0 radical (unpaired) electrons. The average Bonchev–Trinajstić information content (AvgIpc) is 2.30. The molecule has 1 aromatic rings. The number of aliphatic carboxylic acids is 1. The summed E-state index contributed by atoms with van der Waals surface area (Å²) in [6.07, 6.45) is -0.112. The van der Waals surface area contributed by atoms with Crippen LogP contribution in [0.5, 0.6) is 0 Å². The van der Waals surface area contributed by atoms with Crippen LogP contribution in [0.2, 0.25) is 0 Å². The van der Waals surface area contributed by atoms with Crippen molar-refractivity contribution in [2.45, 2.75) is 26.3 Å². The molecule has 0 spiro atoms. The quantitative estimate of drug-likeness (QED) is 0.897. The monoisotopic (exact) mass is 263 g/mol. The number of nitrogens with zero attached hydrogens (tertiary/aromatic N) is 1. The third kappa shape index (κ3) is 2.93. The number of benzene rings is 1. The maximum absolute atomic E-state index is 12.0. The number of morpholine rings is 1. The van der Waals surface area contributed by atoms with Crippen LogP contribution >= 0.6 is 0 Å². The van der Waals surface area contributed by atoms with E-state index in [9.17, 15) is 9.59 Å². The van der Waals surface area contributed by atoms with E-state index in [2.05, 4.69) is 0 Å². The Balaban J connectivity index is 2.35. The van der Waals surface area contributed by atoms with Gasteiger partial charge in [0.05, 0.1) is 19.1 Å². The van der Waals surface area contributed by atoms with E-state index in [0.29, 0.717) is 0 Å². The van der Waals surface area contributed by atoms with Crippen molar-refractivity contribution in [3.05, 3.63) is 29.3 Å². The Bertz CT molecular complexity index is 512. The number of carbonyl (C=O) groups is 2. The Morgan fingerprint density at radius 3 is 2.84 bits per heavy atom. The van der Waals surface area contributed by atoms with Gasteiger partial charge in [-0.05, 0) is 25.5 Å². The molecule has 1 aromatic carbocycles. The molecule has 0 aromatic heterocycles. The van der Waals surface area contributed by atoms with Crippen LogP contribution in [-0.2, 0) is 14.3 Å². The smallest absolute Gasteiger partial charge is 0.305 e. The number of hydrogen-bond acceptors (Lipinski definition) is 3. The molecule has 0 bridgehead atoms. The van der Waals surface area contributed by atoms with E-state index in [-0.39, 0.29) is 25.5 Å². The number of aryl methyl sites for hydroxylation is 2. The number of carbonyl (C=O) groups excluding carboxylic acids is 1. The van der Waals surface area contributed by atoms with Crippen molar-refractivity contribution >= 4 is 17.6 Å². The lowest BCUT2D eigenvalue weighted by atomic mass is 10.1. The van der Waals surface area contributed by atoms with Crippen LogP contribution in [-0.4, -0.2) is 36.2 Å². The van der Waals surface area contributed by atoms with Crippen molar-refractivity contribution in [1.82, 2.24) is 0 Å². The van der Waals surface area contributed by atoms with E-state index >= 15 is 0 Å². The van der Waals surface area contributed by atoms with Gasteiger partial charge in [-0.25, -0.2) is 0 Å². The first kappa shape index (κ1) is 13.5. The zero-order valence-electron chi connectivity index (χ0n) is 11.0. The summed E-state index contributed by atoms with van der Waals surface area (Å²) < 4.78 is 5.16. The molecule has 1 heterocycles. The van der Waals surface area contributed by atoms with E-state index in [1.807, 2.05) is 32.0 Å². The molecule has 1 atom stereocenters. The van der Waals surface area contributed by atoms with Crippen LogP contribution < -0.4 is 4.90 Å². The minimum absolute atomic E-state index is 0.00341. The van der Waals surface area contributed by atoms with Gasteiger partial charge in [0.1, 0.15) is 6.61 Å². The molecule has 1 saturated heterocycles. The summed E-state index contributed by atoms with van der Waals surface area (Å²) in [7, 11) is 0. The lowest BCUT2D eigenvalue weighted by molar-refractivity contribution is -0.138. The molecule has 1 fully saturated rings. The molecule has 1 aliphatic heterocycles. The van der Waals surface area contributed by atoms with E-state index in [1.165, 1.54) is 0 Å². The van der Waals surface area contributed by atoms with Gasteiger partial charge in [-0.1, -0.05) is 17.7 Å². The van der Waals surface area contributed by atoms with Crippen LogP contribution in [0, 0.1) is 13.8 Å². The lowest BCUT2D eigenvalue weighted by Gasteiger charge is -2.35. The van der Waals surface area contributed by atoms with Gasteiger partial charge in [-0.3, -0.25) is 9.59 Å². The molecule has 5 heteroatoms. The number of hydrogen-bond donors (Lipinski definition) is 1. The lowest BCUT2D eigenvalue weighted by Crippen LogP contribution is -2.50. The highest BCUT2D eigenvalue weighted by atomic mass is 16.5. The first-order valence-electron chi connectivity index (χ1n) is 6.18. The van der Waals surface area contributed by atoms with Crippen molar-refractivity contribution < 1.29 is 19.4 Å². The third-order valence-electron chi connectivity index (χ3n) is 3.19. The van der Waals surface area contributed by atoms with Gasteiger partial charge < -0.3 is 14.7 Å². The SMILES string of the molecule is Cc1ccc(N2C(=O)COCC2CC(=O)O)c(C)c1. The van der Waals surface area contributed by atoms with E-state index in [0.717, 1.165) is 16.8 Å². The summed E-state index contributed by atoms with van der Waals surface area (Å²) in [5.41, 5.74) is 2.84. The highest BCUT2D eigenvalue weighted by molar-refractivity contribution is 5.96. The number of carboxylic acid groups (broad SMARTS) is 1. The predicted molar refractivity (Wildman–Crippen MR) is 70.3 cm³/mol. The van der Waals surface area contributed by atoms with Crippen molar-refractivity contribution in [3.8, 4) is 0 Å². The second-order valence-corrected chi connectivity index (χ2v) is 4.82. The molecule has 19 heavy (non-hydrogen) atoms. The van der Waals surface area contributed by atoms with Gasteiger partial charge in [0.2, 0.25) is 0 Å². The molecule has 1 unspecified atom stereocenters. The molecular formula is C14H17NO4. The molecule has 1 amide bonds. The standard InChI is InChI=1S/C14H17NO4/c1-9-3-4-12(10(2)5-9)15-11(6-14(17)18)7-19-8-13(15)16/h3-5,11H,6-8H2,1-2H3,(H,17,18). The molecule has 1 aliphatic rings. The number of ether oxygens (including phenoxy) is 1. The van der Waals surface area contributed by atoms with Crippen molar-refractivity contribution in [1.29, 1.82) is 0 Å². The summed E-state index contributed by atoms with van der Waals surface area (Å²) in [5.74, 6) is -1.12. The summed E-state index contributed by atoms with van der Waals surface area (Å²) in [4.78, 5) is 24.5. The summed E-state index contributed by atoms with van der Waals surface area (Å²) in [6, 6.07) is 5.32. The van der Waals surface area contributed by atoms with Crippen LogP contribution in [0.3, 0.4) is 0 Å². The minimum atomic E-state index is -0.932. The highest BCUT2D eigenvalue weighted by Crippen LogP contribution is 2.26. The Morgan fingerprint density at radius 1 is 1.47 bits per heavy atom. The third-order valence-corrected chi connectivity index (χ3v) is 3.19. The van der Waals surface area contributed by atoms with Gasteiger partial charge in [0.15, 0.2) is 0 Å². The summed E-state index contributed by atoms with van der Waals surface area (Å²) in [5, 5.41) is 8.94. The molecule has 2 rings (SSSR count). The normalized spacial score (nSPS) is 19.6. The summed E-state index contributed by atoms with van der Waals surface area (Å²) >= 11 is 0. The second-order valence-electron chi connectivity index (χ2n) is 4.82. The van der Waals surface area contributed by atoms with Crippen molar-refractivity contribution in [2.24, 2.45) is 0 Å². The Labute approximate surface area is 111 Å². The molecule has 0 aliphatic carbocycles. The van der Waals surface area contributed by atoms with Gasteiger partial charge in [-0.15, -0.1) is 0 Å². The van der Waals surface area contributed by atoms with Gasteiger partial charge in [0.25, 0.3) is 5.91 Å². The first-order chi connectivity index (χ1) is 8.99. The average molecular weight is 263 g/mol. The molecule has 5 nitrogen and oxygen atoms in total. The fourth-order valence-electron chi connectivity index (χ4n) is 2.39. The van der Waals surface area contributed by atoms with Crippen LogP contribution in [0.1, 0.15) is 17.5 Å². The number of amides is 1. The van der Waals surface area contributed by atoms with Crippen LogP contribution in [0.4, 0.5) is 5.69 Å². The largest absolute Gasteiger partial charge is 0.481 e. The van der Waals surface area contributed by atoms with Crippen molar-refractivity contribution in [2.75, 3.05) is 18.1 Å². The van der Waals surface area contributed by atoms with Crippen molar-refractivity contribution in [3.63, 3.8) is 0 Å². The Morgan fingerprint density at radius 2 is 2.21 bits per heavy atom. The maximum atomic E-state index is 12.0. The molecule has 102 valence electrons. The Kier molecular flexibility index (Phi) is 3.85. The van der Waals surface area contributed by atoms with Gasteiger partial charge in [0, 0.05) is 5.69 Å².